The van der Waals surface area contributed by atoms with Crippen molar-refractivity contribution in [1.82, 2.24) is 5.32 Å². The second-order valence-corrected chi connectivity index (χ2v) is 3.43. The van der Waals surface area contributed by atoms with Crippen LogP contribution in [0.2, 0.25) is 0 Å². The van der Waals surface area contributed by atoms with Gasteiger partial charge in [-0.1, -0.05) is 6.07 Å². The lowest BCUT2D eigenvalue weighted by molar-refractivity contribution is -0.127. The average Bonchev–Trinajstić information content (AvgIpc) is 2.31. The van der Waals surface area contributed by atoms with E-state index in [0.717, 1.165) is 0 Å². The number of hydrogen-bond acceptors (Lipinski definition) is 3. The number of rotatable bonds is 5. The molecule has 1 unspecified atom stereocenters. The molecule has 1 aromatic carbocycles. The fourth-order valence-corrected chi connectivity index (χ4v) is 1.29. The van der Waals surface area contributed by atoms with E-state index in [1.807, 2.05) is 0 Å². The van der Waals surface area contributed by atoms with Crippen LogP contribution in [0, 0.1) is 5.82 Å². The molecule has 1 atom stereocenters. The van der Waals surface area contributed by atoms with Crippen molar-refractivity contribution in [2.45, 2.75) is 20.0 Å². The number of benzene rings is 1. The number of halogens is 1. The topological polar surface area (TPSA) is 55.4 Å². The van der Waals surface area contributed by atoms with Gasteiger partial charge in [-0.3, -0.25) is 9.59 Å². The molecule has 1 amide bonds. The molecular formula is C12H14FNO3. The number of likely N-dealkylation sites (N-methyl/N-ethyl adjacent to an activating group) is 1. The maximum absolute atomic E-state index is 13.4. The van der Waals surface area contributed by atoms with E-state index in [0.29, 0.717) is 12.8 Å². The van der Waals surface area contributed by atoms with Gasteiger partial charge < -0.3 is 10.1 Å². The Morgan fingerprint density at radius 1 is 1.59 bits per heavy atom. The van der Waals surface area contributed by atoms with Gasteiger partial charge in [-0.2, -0.15) is 0 Å². The second-order valence-electron chi connectivity index (χ2n) is 3.43. The molecule has 0 saturated carbocycles. The van der Waals surface area contributed by atoms with Gasteiger partial charge in [-0.15, -0.1) is 0 Å². The van der Waals surface area contributed by atoms with E-state index in [4.69, 9.17) is 4.74 Å². The van der Waals surface area contributed by atoms with Gasteiger partial charge in [0.15, 0.2) is 24.0 Å². The molecule has 0 aliphatic rings. The maximum Gasteiger partial charge on any atom is 0.260 e. The van der Waals surface area contributed by atoms with Crippen LogP contribution in [0.1, 0.15) is 24.2 Å². The normalized spacial score (nSPS) is 11.7. The Balaban J connectivity index is 2.87. The van der Waals surface area contributed by atoms with Crippen LogP contribution in [-0.4, -0.2) is 24.8 Å². The Morgan fingerprint density at radius 3 is 2.88 bits per heavy atom. The Morgan fingerprint density at radius 2 is 2.29 bits per heavy atom. The summed E-state index contributed by atoms with van der Waals surface area (Å²) in [5.41, 5.74) is 0.0844. The fraction of sp³-hybridized carbons (Fsp3) is 0.333. The number of carbonyl (C=O) groups excluding carboxylic acids is 2. The first-order chi connectivity index (χ1) is 8.10. The molecule has 5 heteroatoms. The van der Waals surface area contributed by atoms with Gasteiger partial charge in [0.25, 0.3) is 5.91 Å². The summed E-state index contributed by atoms with van der Waals surface area (Å²) in [6.07, 6.45) is -0.367. The third-order valence-corrected chi connectivity index (χ3v) is 2.14. The van der Waals surface area contributed by atoms with Gasteiger partial charge in [-0.25, -0.2) is 4.39 Å². The molecule has 0 saturated heterocycles. The van der Waals surface area contributed by atoms with Crippen molar-refractivity contribution in [3.63, 3.8) is 0 Å². The zero-order valence-corrected chi connectivity index (χ0v) is 9.70. The molecule has 0 fully saturated rings. The number of amides is 1. The summed E-state index contributed by atoms with van der Waals surface area (Å²) < 4.78 is 18.6. The third-order valence-electron chi connectivity index (χ3n) is 2.14. The van der Waals surface area contributed by atoms with Gasteiger partial charge in [-0.05, 0) is 26.0 Å². The van der Waals surface area contributed by atoms with Crippen LogP contribution in [0.5, 0.6) is 5.75 Å². The van der Waals surface area contributed by atoms with Crippen LogP contribution in [-0.2, 0) is 4.79 Å². The number of aldehydes is 1. The number of hydrogen-bond donors (Lipinski definition) is 1. The quantitative estimate of drug-likeness (QED) is 0.793. The molecule has 1 rings (SSSR count). The minimum Gasteiger partial charge on any atom is -0.477 e. The Labute approximate surface area is 98.8 Å². The highest BCUT2D eigenvalue weighted by Gasteiger charge is 2.18. The summed E-state index contributed by atoms with van der Waals surface area (Å²) in [6.45, 7) is 3.72. The Bertz CT molecular complexity index is 420. The van der Waals surface area contributed by atoms with Gasteiger partial charge >= 0.3 is 0 Å². The van der Waals surface area contributed by atoms with Gasteiger partial charge in [0.05, 0.1) is 5.56 Å². The second kappa shape index (κ2) is 5.98. The summed E-state index contributed by atoms with van der Waals surface area (Å²) >= 11 is 0. The van der Waals surface area contributed by atoms with Crippen LogP contribution < -0.4 is 10.1 Å². The van der Waals surface area contributed by atoms with Crippen molar-refractivity contribution in [2.75, 3.05) is 6.54 Å². The van der Waals surface area contributed by atoms with Crippen LogP contribution in [0.4, 0.5) is 4.39 Å². The lowest BCUT2D eigenvalue weighted by atomic mass is 10.2. The fourth-order valence-electron chi connectivity index (χ4n) is 1.29. The molecule has 17 heavy (non-hydrogen) atoms. The number of nitrogens with one attached hydrogen (secondary N) is 1. The van der Waals surface area contributed by atoms with Gasteiger partial charge in [0, 0.05) is 6.54 Å². The van der Waals surface area contributed by atoms with E-state index in [9.17, 15) is 14.0 Å². The Hall–Kier alpha value is -1.91. The average molecular weight is 239 g/mol. The van der Waals surface area contributed by atoms with Gasteiger partial charge in [0.1, 0.15) is 0 Å². The molecule has 0 spiro atoms. The standard InChI is InChI=1S/C12H14FNO3/c1-3-14-12(16)8(2)17-11-9(7-15)5-4-6-10(11)13/h4-8H,3H2,1-2H3,(H,14,16). The van der Waals surface area contributed by atoms with Crippen LogP contribution in [0.3, 0.4) is 0 Å². The zero-order valence-electron chi connectivity index (χ0n) is 9.70. The molecule has 0 aliphatic heterocycles. The number of ether oxygens (including phenoxy) is 1. The number of carbonyl (C=O) groups is 2. The van der Waals surface area contributed by atoms with E-state index in [2.05, 4.69) is 5.32 Å². The van der Waals surface area contributed by atoms with Crippen molar-refractivity contribution in [3.05, 3.63) is 29.6 Å². The predicted molar refractivity (Wildman–Crippen MR) is 60.6 cm³/mol. The highest BCUT2D eigenvalue weighted by molar-refractivity contribution is 5.82. The molecule has 92 valence electrons. The molecule has 1 aromatic rings. The zero-order chi connectivity index (χ0) is 12.8. The van der Waals surface area contributed by atoms with E-state index >= 15 is 0 Å². The van der Waals surface area contributed by atoms with Crippen molar-refractivity contribution in [3.8, 4) is 5.75 Å². The van der Waals surface area contributed by atoms with E-state index in [1.54, 1.807) is 6.92 Å². The minimum atomic E-state index is -0.856. The van der Waals surface area contributed by atoms with Crippen molar-refractivity contribution >= 4 is 12.2 Å². The Kier molecular flexibility index (Phi) is 4.63. The minimum absolute atomic E-state index is 0.0844. The predicted octanol–water partition coefficient (Wildman–Crippen LogP) is 1.54. The first kappa shape index (κ1) is 13.2. The first-order valence-corrected chi connectivity index (χ1v) is 5.28. The SMILES string of the molecule is CCNC(=O)C(C)Oc1c(F)cccc1C=O. The van der Waals surface area contributed by atoms with Crippen LogP contribution >= 0.6 is 0 Å². The van der Waals surface area contributed by atoms with E-state index < -0.39 is 11.9 Å². The third kappa shape index (κ3) is 3.27. The van der Waals surface area contributed by atoms with Crippen LogP contribution in [0.25, 0.3) is 0 Å². The smallest absolute Gasteiger partial charge is 0.260 e. The van der Waals surface area contributed by atoms with Crippen molar-refractivity contribution < 1.29 is 18.7 Å². The van der Waals surface area contributed by atoms with E-state index in [1.165, 1.54) is 25.1 Å². The molecule has 0 bridgehead atoms. The van der Waals surface area contributed by atoms with Gasteiger partial charge in [0.2, 0.25) is 0 Å². The van der Waals surface area contributed by atoms with Crippen molar-refractivity contribution in [2.24, 2.45) is 0 Å². The summed E-state index contributed by atoms with van der Waals surface area (Å²) in [5, 5.41) is 2.55. The molecule has 0 radical (unpaired) electrons. The molecule has 4 nitrogen and oxygen atoms in total. The summed E-state index contributed by atoms with van der Waals surface area (Å²) in [5.74, 6) is -1.21. The molecule has 0 heterocycles. The molecular weight excluding hydrogens is 225 g/mol. The van der Waals surface area contributed by atoms with Crippen LogP contribution in [0.15, 0.2) is 18.2 Å². The lowest BCUT2D eigenvalue weighted by Crippen LogP contribution is -2.36. The monoisotopic (exact) mass is 239 g/mol. The largest absolute Gasteiger partial charge is 0.477 e. The number of para-hydroxylation sites is 1. The summed E-state index contributed by atoms with van der Waals surface area (Å²) in [6, 6.07) is 4.01. The molecule has 0 aromatic heterocycles. The summed E-state index contributed by atoms with van der Waals surface area (Å²) in [7, 11) is 0. The molecule has 0 aliphatic carbocycles. The van der Waals surface area contributed by atoms with Crippen molar-refractivity contribution in [1.29, 1.82) is 0 Å². The highest BCUT2D eigenvalue weighted by Crippen LogP contribution is 2.22. The summed E-state index contributed by atoms with van der Waals surface area (Å²) in [4.78, 5) is 22.1. The van der Waals surface area contributed by atoms with E-state index in [-0.39, 0.29) is 17.2 Å². The highest BCUT2D eigenvalue weighted by atomic mass is 19.1. The lowest BCUT2D eigenvalue weighted by Gasteiger charge is -2.15. The molecule has 1 N–H and O–H groups in total. The maximum atomic E-state index is 13.4. The first-order valence-electron chi connectivity index (χ1n) is 5.28.